The summed E-state index contributed by atoms with van der Waals surface area (Å²) in [5.41, 5.74) is 1.08. The number of aryl methyl sites for hydroxylation is 1. The summed E-state index contributed by atoms with van der Waals surface area (Å²) in [5, 5.41) is 0. The SMILES string of the molecule is CCCCN(C(=O)CCc1ccc(OC)cc1)C1CCS(=O)(=O)C1. The minimum absolute atomic E-state index is 0.0568. The molecule has 134 valence electrons. The predicted molar refractivity (Wildman–Crippen MR) is 95.0 cm³/mol. The van der Waals surface area contributed by atoms with Crippen molar-refractivity contribution in [1.82, 2.24) is 4.90 Å². The highest BCUT2D eigenvalue weighted by Gasteiger charge is 2.34. The van der Waals surface area contributed by atoms with Gasteiger partial charge in [0.2, 0.25) is 5.91 Å². The molecule has 0 aliphatic carbocycles. The topological polar surface area (TPSA) is 63.7 Å². The predicted octanol–water partition coefficient (Wildman–Crippen LogP) is 2.44. The first kappa shape index (κ1) is 18.8. The fraction of sp³-hybridized carbons (Fsp3) is 0.611. The van der Waals surface area contributed by atoms with Crippen LogP contribution in [0.2, 0.25) is 0 Å². The Hall–Kier alpha value is -1.56. The van der Waals surface area contributed by atoms with Gasteiger partial charge in [-0.3, -0.25) is 4.79 Å². The molecule has 0 N–H and O–H groups in total. The van der Waals surface area contributed by atoms with E-state index in [1.807, 2.05) is 24.3 Å². The highest BCUT2D eigenvalue weighted by Crippen LogP contribution is 2.20. The second-order valence-electron chi connectivity index (χ2n) is 6.35. The molecule has 2 rings (SSSR count). The van der Waals surface area contributed by atoms with Gasteiger partial charge in [0, 0.05) is 19.0 Å². The lowest BCUT2D eigenvalue weighted by molar-refractivity contribution is -0.133. The van der Waals surface area contributed by atoms with Gasteiger partial charge in [0.15, 0.2) is 9.84 Å². The summed E-state index contributed by atoms with van der Waals surface area (Å²) in [5.74, 6) is 1.17. The van der Waals surface area contributed by atoms with Crippen LogP contribution >= 0.6 is 0 Å². The molecular weight excluding hydrogens is 326 g/mol. The van der Waals surface area contributed by atoms with Crippen LogP contribution in [0.15, 0.2) is 24.3 Å². The quantitative estimate of drug-likeness (QED) is 0.720. The maximum absolute atomic E-state index is 12.6. The van der Waals surface area contributed by atoms with E-state index in [9.17, 15) is 13.2 Å². The molecule has 1 amide bonds. The van der Waals surface area contributed by atoms with Crippen molar-refractivity contribution in [3.8, 4) is 5.75 Å². The van der Waals surface area contributed by atoms with Crippen LogP contribution in [0.1, 0.15) is 38.2 Å². The lowest BCUT2D eigenvalue weighted by Crippen LogP contribution is -2.41. The summed E-state index contributed by atoms with van der Waals surface area (Å²) >= 11 is 0. The van der Waals surface area contributed by atoms with Gasteiger partial charge in [0.25, 0.3) is 0 Å². The number of unbranched alkanes of at least 4 members (excludes halogenated alkanes) is 1. The third-order valence-corrected chi connectivity index (χ3v) is 6.26. The van der Waals surface area contributed by atoms with E-state index in [-0.39, 0.29) is 23.5 Å². The minimum Gasteiger partial charge on any atom is -0.497 e. The minimum atomic E-state index is -2.98. The Morgan fingerprint density at radius 2 is 2.00 bits per heavy atom. The molecule has 0 aromatic heterocycles. The lowest BCUT2D eigenvalue weighted by atomic mass is 10.1. The van der Waals surface area contributed by atoms with E-state index in [0.717, 1.165) is 24.2 Å². The summed E-state index contributed by atoms with van der Waals surface area (Å²) in [7, 11) is -1.36. The molecule has 1 unspecified atom stereocenters. The highest BCUT2D eigenvalue weighted by atomic mass is 32.2. The van der Waals surface area contributed by atoms with Crippen molar-refractivity contribution in [2.45, 2.75) is 45.1 Å². The molecule has 0 bridgehead atoms. The van der Waals surface area contributed by atoms with E-state index in [1.165, 1.54) is 0 Å². The van der Waals surface area contributed by atoms with E-state index in [0.29, 0.717) is 25.8 Å². The number of carbonyl (C=O) groups is 1. The van der Waals surface area contributed by atoms with Crippen molar-refractivity contribution < 1.29 is 17.9 Å². The molecule has 0 radical (unpaired) electrons. The van der Waals surface area contributed by atoms with E-state index in [1.54, 1.807) is 12.0 Å². The van der Waals surface area contributed by atoms with Crippen molar-refractivity contribution in [3.05, 3.63) is 29.8 Å². The summed E-state index contributed by atoms with van der Waals surface area (Å²) < 4.78 is 28.6. The molecule has 1 aromatic carbocycles. The zero-order valence-electron chi connectivity index (χ0n) is 14.5. The van der Waals surface area contributed by atoms with Crippen LogP contribution in [0.5, 0.6) is 5.75 Å². The molecule has 1 atom stereocenters. The van der Waals surface area contributed by atoms with Crippen molar-refractivity contribution in [3.63, 3.8) is 0 Å². The van der Waals surface area contributed by atoms with E-state index in [4.69, 9.17) is 4.74 Å². The van der Waals surface area contributed by atoms with Gasteiger partial charge in [0.1, 0.15) is 5.75 Å². The standard InChI is InChI=1S/C18H27NO4S/c1-3-4-12-19(16-11-13-24(21,22)14-16)18(20)10-7-15-5-8-17(23-2)9-6-15/h5-6,8-9,16H,3-4,7,10-14H2,1-2H3. The first-order valence-electron chi connectivity index (χ1n) is 8.58. The average Bonchev–Trinajstić information content (AvgIpc) is 2.93. The number of hydrogen-bond acceptors (Lipinski definition) is 4. The Balaban J connectivity index is 1.96. The number of hydrogen-bond donors (Lipinski definition) is 0. The van der Waals surface area contributed by atoms with Gasteiger partial charge in [-0.05, 0) is 37.0 Å². The molecule has 0 spiro atoms. The fourth-order valence-electron chi connectivity index (χ4n) is 3.05. The molecule has 1 heterocycles. The molecule has 24 heavy (non-hydrogen) atoms. The van der Waals surface area contributed by atoms with Crippen LogP contribution in [-0.4, -0.2) is 50.4 Å². The molecule has 1 saturated heterocycles. The van der Waals surface area contributed by atoms with E-state index >= 15 is 0 Å². The van der Waals surface area contributed by atoms with Gasteiger partial charge in [0.05, 0.1) is 18.6 Å². The summed E-state index contributed by atoms with van der Waals surface area (Å²) in [6, 6.07) is 7.55. The highest BCUT2D eigenvalue weighted by molar-refractivity contribution is 7.91. The second kappa shape index (κ2) is 8.51. The summed E-state index contributed by atoms with van der Waals surface area (Å²) in [4.78, 5) is 14.5. The molecule has 6 heteroatoms. The Labute approximate surface area is 144 Å². The van der Waals surface area contributed by atoms with Gasteiger partial charge >= 0.3 is 0 Å². The van der Waals surface area contributed by atoms with Gasteiger partial charge in [-0.25, -0.2) is 8.42 Å². The van der Waals surface area contributed by atoms with Crippen LogP contribution in [-0.2, 0) is 21.1 Å². The number of ether oxygens (including phenoxy) is 1. The average molecular weight is 353 g/mol. The first-order valence-corrected chi connectivity index (χ1v) is 10.4. The molecule has 5 nitrogen and oxygen atoms in total. The molecule has 1 aliphatic heterocycles. The monoisotopic (exact) mass is 353 g/mol. The van der Waals surface area contributed by atoms with Crippen LogP contribution < -0.4 is 4.74 Å². The molecule has 1 aliphatic rings. The number of benzene rings is 1. The van der Waals surface area contributed by atoms with Crippen LogP contribution in [0.4, 0.5) is 0 Å². The van der Waals surface area contributed by atoms with Gasteiger partial charge in [-0.1, -0.05) is 25.5 Å². The molecule has 1 aromatic rings. The van der Waals surface area contributed by atoms with Gasteiger partial charge < -0.3 is 9.64 Å². The van der Waals surface area contributed by atoms with Gasteiger partial charge in [-0.15, -0.1) is 0 Å². The smallest absolute Gasteiger partial charge is 0.223 e. The summed E-state index contributed by atoms with van der Waals surface area (Å²) in [6.45, 7) is 2.73. The van der Waals surface area contributed by atoms with Gasteiger partial charge in [-0.2, -0.15) is 0 Å². The third kappa shape index (κ3) is 5.23. The Bertz CT molecular complexity index is 639. The van der Waals surface area contributed by atoms with Crippen LogP contribution in [0.3, 0.4) is 0 Å². The van der Waals surface area contributed by atoms with Crippen molar-refractivity contribution in [1.29, 1.82) is 0 Å². The number of methoxy groups -OCH3 is 1. The number of nitrogens with zero attached hydrogens (tertiary/aromatic N) is 1. The Morgan fingerprint density at radius 1 is 1.29 bits per heavy atom. The Morgan fingerprint density at radius 3 is 2.54 bits per heavy atom. The van der Waals surface area contributed by atoms with Crippen molar-refractivity contribution in [2.24, 2.45) is 0 Å². The van der Waals surface area contributed by atoms with Crippen LogP contribution in [0.25, 0.3) is 0 Å². The van der Waals surface area contributed by atoms with Crippen molar-refractivity contribution in [2.75, 3.05) is 25.2 Å². The van der Waals surface area contributed by atoms with E-state index in [2.05, 4.69) is 6.92 Å². The van der Waals surface area contributed by atoms with Crippen molar-refractivity contribution >= 4 is 15.7 Å². The number of carbonyl (C=O) groups excluding carboxylic acids is 1. The fourth-order valence-corrected chi connectivity index (χ4v) is 4.78. The zero-order valence-corrected chi connectivity index (χ0v) is 15.3. The first-order chi connectivity index (χ1) is 11.4. The largest absolute Gasteiger partial charge is 0.497 e. The number of amides is 1. The maximum Gasteiger partial charge on any atom is 0.223 e. The normalized spacial score (nSPS) is 19.2. The molecular formula is C18H27NO4S. The molecule has 0 saturated carbocycles. The zero-order chi connectivity index (χ0) is 17.6. The summed E-state index contributed by atoms with van der Waals surface area (Å²) in [6.07, 6.45) is 3.53. The second-order valence-corrected chi connectivity index (χ2v) is 8.57. The molecule has 1 fully saturated rings. The number of sulfone groups is 1. The third-order valence-electron chi connectivity index (χ3n) is 4.51. The maximum atomic E-state index is 12.6. The van der Waals surface area contributed by atoms with Crippen LogP contribution in [0, 0.1) is 0 Å². The van der Waals surface area contributed by atoms with E-state index < -0.39 is 9.84 Å². The lowest BCUT2D eigenvalue weighted by Gasteiger charge is -2.28. The number of rotatable bonds is 8. The Kier molecular flexibility index (Phi) is 6.66.